The van der Waals surface area contributed by atoms with E-state index in [0.29, 0.717) is 42.7 Å². The van der Waals surface area contributed by atoms with Gasteiger partial charge in [-0.15, -0.1) is 0 Å². The van der Waals surface area contributed by atoms with Crippen molar-refractivity contribution < 1.29 is 24.2 Å². The van der Waals surface area contributed by atoms with Gasteiger partial charge in [0.1, 0.15) is 17.5 Å². The Hall–Kier alpha value is -2.08. The summed E-state index contributed by atoms with van der Waals surface area (Å²) in [5.41, 5.74) is 5.95. The van der Waals surface area contributed by atoms with Gasteiger partial charge >= 0.3 is 5.97 Å². The van der Waals surface area contributed by atoms with Crippen LogP contribution in [0.25, 0.3) is 0 Å². The van der Waals surface area contributed by atoms with Gasteiger partial charge in [0.2, 0.25) is 0 Å². The summed E-state index contributed by atoms with van der Waals surface area (Å²) in [5.74, 6) is 0.148. The molecule has 0 bridgehead atoms. The maximum atomic E-state index is 12.2. The SMILES string of the molecule is COc1ccc(C(=O)CCCCC[C@H](N)C(=O)O)c(OC)c1. The molecule has 0 radical (unpaired) electrons. The topological polar surface area (TPSA) is 98.9 Å². The minimum Gasteiger partial charge on any atom is -0.497 e. The van der Waals surface area contributed by atoms with Crippen LogP contribution in [-0.4, -0.2) is 37.1 Å². The second kappa shape index (κ2) is 9.04. The molecular weight excluding hydrogens is 286 g/mol. The molecule has 0 aliphatic heterocycles. The lowest BCUT2D eigenvalue weighted by Gasteiger charge is -2.10. The van der Waals surface area contributed by atoms with Gasteiger partial charge in [-0.3, -0.25) is 9.59 Å². The van der Waals surface area contributed by atoms with Crippen molar-refractivity contribution in [2.75, 3.05) is 14.2 Å². The molecule has 6 heteroatoms. The van der Waals surface area contributed by atoms with Crippen molar-refractivity contribution in [2.24, 2.45) is 5.73 Å². The van der Waals surface area contributed by atoms with Crippen molar-refractivity contribution in [3.63, 3.8) is 0 Å². The first-order valence-electron chi connectivity index (χ1n) is 7.23. The summed E-state index contributed by atoms with van der Waals surface area (Å²) < 4.78 is 10.3. The number of ether oxygens (including phenoxy) is 2. The summed E-state index contributed by atoms with van der Waals surface area (Å²) in [6.07, 6.45) is 2.98. The van der Waals surface area contributed by atoms with Gasteiger partial charge < -0.3 is 20.3 Å². The van der Waals surface area contributed by atoms with E-state index in [9.17, 15) is 9.59 Å². The molecule has 0 aliphatic rings. The average molecular weight is 309 g/mol. The highest BCUT2D eigenvalue weighted by molar-refractivity contribution is 5.98. The quantitative estimate of drug-likeness (QED) is 0.508. The zero-order valence-electron chi connectivity index (χ0n) is 13.0. The van der Waals surface area contributed by atoms with Crippen molar-refractivity contribution in [2.45, 2.75) is 38.1 Å². The second-order valence-electron chi connectivity index (χ2n) is 5.03. The molecule has 0 aromatic heterocycles. The highest BCUT2D eigenvalue weighted by Crippen LogP contribution is 2.26. The van der Waals surface area contributed by atoms with Crippen LogP contribution < -0.4 is 15.2 Å². The zero-order chi connectivity index (χ0) is 16.5. The van der Waals surface area contributed by atoms with E-state index in [1.54, 1.807) is 25.3 Å². The molecule has 0 spiro atoms. The molecule has 122 valence electrons. The number of Topliss-reactive ketones (excluding diaryl/α,β-unsaturated/α-hetero) is 1. The van der Waals surface area contributed by atoms with Crippen LogP contribution in [0.4, 0.5) is 0 Å². The van der Waals surface area contributed by atoms with E-state index in [0.717, 1.165) is 6.42 Å². The summed E-state index contributed by atoms with van der Waals surface area (Å²) in [5, 5.41) is 8.67. The fourth-order valence-corrected chi connectivity index (χ4v) is 2.11. The highest BCUT2D eigenvalue weighted by Gasteiger charge is 2.14. The normalized spacial score (nSPS) is 11.8. The smallest absolute Gasteiger partial charge is 0.320 e. The molecule has 1 aromatic rings. The summed E-state index contributed by atoms with van der Waals surface area (Å²) in [4.78, 5) is 22.8. The van der Waals surface area contributed by atoms with Crippen molar-refractivity contribution in [3.05, 3.63) is 23.8 Å². The van der Waals surface area contributed by atoms with Crippen LogP contribution in [0.5, 0.6) is 11.5 Å². The van der Waals surface area contributed by atoms with Crippen molar-refractivity contribution in [1.82, 2.24) is 0 Å². The third-order valence-electron chi connectivity index (χ3n) is 3.45. The molecule has 1 aromatic carbocycles. The molecule has 0 fully saturated rings. The Balaban J connectivity index is 2.44. The third-order valence-corrected chi connectivity index (χ3v) is 3.45. The molecule has 3 N–H and O–H groups in total. The Morgan fingerprint density at radius 1 is 1.18 bits per heavy atom. The third kappa shape index (κ3) is 5.37. The minimum absolute atomic E-state index is 0.00189. The van der Waals surface area contributed by atoms with E-state index in [-0.39, 0.29) is 5.78 Å². The van der Waals surface area contributed by atoms with Crippen LogP contribution in [0.3, 0.4) is 0 Å². The molecule has 1 rings (SSSR count). The van der Waals surface area contributed by atoms with Crippen molar-refractivity contribution in [1.29, 1.82) is 0 Å². The fraction of sp³-hybridized carbons (Fsp3) is 0.500. The van der Waals surface area contributed by atoms with Gasteiger partial charge in [-0.2, -0.15) is 0 Å². The van der Waals surface area contributed by atoms with Crippen molar-refractivity contribution in [3.8, 4) is 11.5 Å². The number of aliphatic carboxylic acids is 1. The Morgan fingerprint density at radius 3 is 2.50 bits per heavy atom. The molecule has 22 heavy (non-hydrogen) atoms. The van der Waals surface area contributed by atoms with Gasteiger partial charge in [0.25, 0.3) is 0 Å². The first-order chi connectivity index (χ1) is 10.5. The summed E-state index contributed by atoms with van der Waals surface area (Å²) in [6.45, 7) is 0. The number of ketones is 1. The number of hydrogen-bond donors (Lipinski definition) is 2. The zero-order valence-corrected chi connectivity index (χ0v) is 13.0. The molecule has 0 amide bonds. The predicted octanol–water partition coefficient (Wildman–Crippen LogP) is 2.25. The number of carbonyl (C=O) groups is 2. The molecule has 0 heterocycles. The van der Waals surface area contributed by atoms with Crippen LogP contribution in [0.15, 0.2) is 18.2 Å². The van der Waals surface area contributed by atoms with Gasteiger partial charge in [0, 0.05) is 12.5 Å². The van der Waals surface area contributed by atoms with E-state index < -0.39 is 12.0 Å². The maximum Gasteiger partial charge on any atom is 0.320 e. The van der Waals surface area contributed by atoms with E-state index in [1.807, 2.05) is 0 Å². The summed E-state index contributed by atoms with van der Waals surface area (Å²) >= 11 is 0. The van der Waals surface area contributed by atoms with Crippen LogP contribution in [0.1, 0.15) is 42.5 Å². The lowest BCUT2D eigenvalue weighted by molar-refractivity contribution is -0.138. The van der Waals surface area contributed by atoms with Crippen LogP contribution in [0.2, 0.25) is 0 Å². The van der Waals surface area contributed by atoms with E-state index >= 15 is 0 Å². The maximum absolute atomic E-state index is 12.2. The predicted molar refractivity (Wildman–Crippen MR) is 82.6 cm³/mol. The van der Waals surface area contributed by atoms with Crippen molar-refractivity contribution >= 4 is 11.8 Å². The van der Waals surface area contributed by atoms with Gasteiger partial charge in [-0.05, 0) is 25.0 Å². The summed E-state index contributed by atoms with van der Waals surface area (Å²) in [6, 6.07) is 4.28. The fourth-order valence-electron chi connectivity index (χ4n) is 2.11. The number of methoxy groups -OCH3 is 2. The Labute approximate surface area is 130 Å². The Kier molecular flexibility index (Phi) is 7.39. The molecule has 0 saturated carbocycles. The highest BCUT2D eigenvalue weighted by atomic mass is 16.5. The first kappa shape index (κ1) is 18.0. The van der Waals surface area contributed by atoms with E-state index in [2.05, 4.69) is 0 Å². The lowest BCUT2D eigenvalue weighted by Crippen LogP contribution is -2.29. The molecule has 0 saturated heterocycles. The lowest BCUT2D eigenvalue weighted by atomic mass is 10.0. The van der Waals surface area contributed by atoms with Gasteiger partial charge in [-0.1, -0.05) is 12.8 Å². The minimum atomic E-state index is -0.987. The van der Waals surface area contributed by atoms with Crippen LogP contribution in [-0.2, 0) is 4.79 Å². The summed E-state index contributed by atoms with van der Waals surface area (Å²) in [7, 11) is 3.07. The Bertz CT molecular complexity index is 515. The number of carbonyl (C=O) groups excluding carboxylic acids is 1. The molecule has 0 aliphatic carbocycles. The number of carboxylic acids is 1. The molecule has 0 unspecified atom stereocenters. The number of rotatable bonds is 10. The molecular formula is C16H23NO5. The standard InChI is InChI=1S/C16H23NO5/c1-21-11-8-9-12(15(10-11)22-2)14(18)7-5-3-4-6-13(17)16(19)20/h8-10,13H,3-7,17H2,1-2H3,(H,19,20)/t13-/m0/s1. The number of nitrogens with two attached hydrogens (primary N) is 1. The monoisotopic (exact) mass is 309 g/mol. The molecule has 1 atom stereocenters. The molecule has 6 nitrogen and oxygen atoms in total. The van der Waals surface area contributed by atoms with E-state index in [4.69, 9.17) is 20.3 Å². The second-order valence-corrected chi connectivity index (χ2v) is 5.03. The number of carboxylic acid groups (broad SMARTS) is 1. The van der Waals surface area contributed by atoms with Crippen LogP contribution >= 0.6 is 0 Å². The number of unbranched alkanes of at least 4 members (excludes halogenated alkanes) is 2. The van der Waals surface area contributed by atoms with Gasteiger partial charge in [-0.25, -0.2) is 0 Å². The van der Waals surface area contributed by atoms with Crippen LogP contribution in [0, 0.1) is 0 Å². The first-order valence-corrected chi connectivity index (χ1v) is 7.23. The number of benzene rings is 1. The Morgan fingerprint density at radius 2 is 1.91 bits per heavy atom. The largest absolute Gasteiger partial charge is 0.497 e. The van der Waals surface area contributed by atoms with Gasteiger partial charge in [0.05, 0.1) is 19.8 Å². The van der Waals surface area contributed by atoms with E-state index in [1.165, 1.54) is 7.11 Å². The average Bonchev–Trinajstić information content (AvgIpc) is 2.53. The number of hydrogen-bond acceptors (Lipinski definition) is 5. The van der Waals surface area contributed by atoms with Gasteiger partial charge in [0.15, 0.2) is 5.78 Å².